The highest BCUT2D eigenvalue weighted by Gasteiger charge is 2.20. The van der Waals surface area contributed by atoms with Crippen LogP contribution in [0.15, 0.2) is 12.1 Å². The van der Waals surface area contributed by atoms with E-state index in [9.17, 15) is 18.0 Å². The first kappa shape index (κ1) is 11.4. The molecule has 1 aromatic carbocycles. The average molecular weight is 244 g/mol. The van der Waals surface area contributed by atoms with Gasteiger partial charge in [0.2, 0.25) is 0 Å². The Balaban J connectivity index is 2.65. The van der Waals surface area contributed by atoms with Gasteiger partial charge in [-0.1, -0.05) is 0 Å². The third-order valence-electron chi connectivity index (χ3n) is 2.27. The quantitative estimate of drug-likeness (QED) is 0.825. The number of aromatic nitrogens is 2. The van der Waals surface area contributed by atoms with Gasteiger partial charge >= 0.3 is 5.97 Å². The van der Waals surface area contributed by atoms with Crippen molar-refractivity contribution in [3.63, 3.8) is 0 Å². The minimum Gasteiger partial charge on any atom is -0.465 e. The van der Waals surface area contributed by atoms with E-state index in [0.717, 1.165) is 13.2 Å². The van der Waals surface area contributed by atoms with E-state index in [1.807, 2.05) is 5.10 Å². The van der Waals surface area contributed by atoms with Crippen molar-refractivity contribution < 1.29 is 22.7 Å². The highest BCUT2D eigenvalue weighted by molar-refractivity contribution is 5.95. The van der Waals surface area contributed by atoms with E-state index in [-0.39, 0.29) is 16.5 Å². The molecule has 0 amide bonds. The molecule has 0 aliphatic rings. The van der Waals surface area contributed by atoms with E-state index >= 15 is 0 Å². The lowest BCUT2D eigenvalue weighted by Crippen LogP contribution is -2.01. The van der Waals surface area contributed by atoms with E-state index in [1.54, 1.807) is 0 Å². The second kappa shape index (κ2) is 4.08. The molecule has 2 aromatic rings. The number of benzene rings is 1. The van der Waals surface area contributed by atoms with Gasteiger partial charge in [-0.25, -0.2) is 18.0 Å². The maximum Gasteiger partial charge on any atom is 0.338 e. The Morgan fingerprint density at radius 3 is 2.76 bits per heavy atom. The molecule has 0 saturated carbocycles. The van der Waals surface area contributed by atoms with Crippen molar-refractivity contribution in [3.05, 3.63) is 29.2 Å². The molecule has 17 heavy (non-hydrogen) atoms. The van der Waals surface area contributed by atoms with Gasteiger partial charge in [0.25, 0.3) is 6.43 Å². The summed E-state index contributed by atoms with van der Waals surface area (Å²) in [6.07, 6.45) is -2.86. The van der Waals surface area contributed by atoms with Gasteiger partial charge in [-0.15, -0.1) is 0 Å². The normalized spacial score (nSPS) is 11.1. The van der Waals surface area contributed by atoms with Crippen LogP contribution in [0.25, 0.3) is 10.9 Å². The molecule has 2 rings (SSSR count). The van der Waals surface area contributed by atoms with Gasteiger partial charge in [0.05, 0.1) is 23.6 Å². The van der Waals surface area contributed by atoms with Gasteiger partial charge in [-0.05, 0) is 12.1 Å². The number of nitrogens with zero attached hydrogens (tertiary/aromatic N) is 1. The number of carbonyl (C=O) groups excluding carboxylic acids is 1. The second-order valence-corrected chi connectivity index (χ2v) is 3.28. The van der Waals surface area contributed by atoms with E-state index < -0.39 is 23.9 Å². The number of aromatic amines is 1. The van der Waals surface area contributed by atoms with Crippen molar-refractivity contribution in [1.29, 1.82) is 0 Å². The summed E-state index contributed by atoms with van der Waals surface area (Å²) in [5, 5.41) is 5.26. The molecule has 0 aliphatic heterocycles. The third kappa shape index (κ3) is 1.83. The highest BCUT2D eigenvalue weighted by Crippen LogP contribution is 2.28. The molecule has 0 saturated heterocycles. The zero-order valence-electron chi connectivity index (χ0n) is 8.63. The SMILES string of the molecule is COC(=O)c1cc(F)c2c(C(F)F)[nH]nc2c1. The number of methoxy groups -OCH3 is 1. The summed E-state index contributed by atoms with van der Waals surface area (Å²) in [6, 6.07) is 2.03. The zero-order valence-corrected chi connectivity index (χ0v) is 8.63. The van der Waals surface area contributed by atoms with Crippen LogP contribution in [-0.4, -0.2) is 23.3 Å². The Morgan fingerprint density at radius 1 is 1.47 bits per heavy atom. The van der Waals surface area contributed by atoms with Crippen LogP contribution in [0.4, 0.5) is 13.2 Å². The Labute approximate surface area is 93.4 Å². The highest BCUT2D eigenvalue weighted by atomic mass is 19.3. The van der Waals surface area contributed by atoms with Gasteiger partial charge < -0.3 is 4.74 Å². The van der Waals surface area contributed by atoms with Crippen molar-refractivity contribution in [2.45, 2.75) is 6.43 Å². The number of fused-ring (bicyclic) bond motifs is 1. The van der Waals surface area contributed by atoms with Gasteiger partial charge in [-0.2, -0.15) is 5.10 Å². The van der Waals surface area contributed by atoms with Gasteiger partial charge in [-0.3, -0.25) is 5.10 Å². The molecule has 90 valence electrons. The minimum absolute atomic E-state index is 0.0410. The van der Waals surface area contributed by atoms with Crippen molar-refractivity contribution in [2.75, 3.05) is 7.11 Å². The molecule has 7 heteroatoms. The molecule has 0 aliphatic carbocycles. The van der Waals surface area contributed by atoms with Gasteiger partial charge in [0.1, 0.15) is 11.5 Å². The van der Waals surface area contributed by atoms with E-state index in [1.165, 1.54) is 6.07 Å². The van der Waals surface area contributed by atoms with Crippen molar-refractivity contribution in [1.82, 2.24) is 10.2 Å². The van der Waals surface area contributed by atoms with Crippen LogP contribution in [0.1, 0.15) is 22.5 Å². The van der Waals surface area contributed by atoms with Crippen molar-refractivity contribution >= 4 is 16.9 Å². The molecule has 0 bridgehead atoms. The summed E-state index contributed by atoms with van der Waals surface area (Å²) in [6.45, 7) is 0. The first-order valence-corrected chi connectivity index (χ1v) is 4.58. The van der Waals surface area contributed by atoms with Crippen LogP contribution in [0.2, 0.25) is 0 Å². The fraction of sp³-hybridized carbons (Fsp3) is 0.200. The summed E-state index contributed by atoms with van der Waals surface area (Å²) in [7, 11) is 1.14. The van der Waals surface area contributed by atoms with Crippen molar-refractivity contribution in [2.24, 2.45) is 0 Å². The number of esters is 1. The number of hydrogen-bond acceptors (Lipinski definition) is 3. The maximum absolute atomic E-state index is 13.6. The molecule has 1 aromatic heterocycles. The fourth-order valence-electron chi connectivity index (χ4n) is 1.52. The second-order valence-electron chi connectivity index (χ2n) is 3.28. The summed E-state index contributed by atoms with van der Waals surface area (Å²) in [5.74, 6) is -1.70. The predicted octanol–water partition coefficient (Wildman–Crippen LogP) is 2.43. The van der Waals surface area contributed by atoms with E-state index in [2.05, 4.69) is 9.84 Å². The molecule has 0 spiro atoms. The summed E-state index contributed by atoms with van der Waals surface area (Å²) in [5.41, 5.74) is -0.723. The predicted molar refractivity (Wildman–Crippen MR) is 52.3 cm³/mol. The third-order valence-corrected chi connectivity index (χ3v) is 2.27. The first-order valence-electron chi connectivity index (χ1n) is 4.58. The topological polar surface area (TPSA) is 55.0 Å². The smallest absolute Gasteiger partial charge is 0.338 e. The van der Waals surface area contributed by atoms with Crippen LogP contribution in [0.5, 0.6) is 0 Å². The number of halogens is 3. The molecule has 1 N–H and O–H groups in total. The molecule has 1 heterocycles. The Hall–Kier alpha value is -2.05. The molecule has 4 nitrogen and oxygen atoms in total. The molecule has 0 radical (unpaired) electrons. The van der Waals surface area contributed by atoms with Gasteiger partial charge in [0, 0.05) is 0 Å². The Kier molecular flexibility index (Phi) is 2.74. The molecular weight excluding hydrogens is 237 g/mol. The molecular formula is C10H7F3N2O2. The Bertz CT molecular complexity index is 580. The van der Waals surface area contributed by atoms with Crippen LogP contribution < -0.4 is 0 Å². The standard InChI is InChI=1S/C10H7F3N2O2/c1-17-10(16)4-2-5(11)7-6(3-4)14-15-8(7)9(12)13/h2-3,9H,1H3,(H,14,15). The van der Waals surface area contributed by atoms with E-state index in [0.29, 0.717) is 0 Å². The number of H-pyrrole nitrogens is 1. The lowest BCUT2D eigenvalue weighted by atomic mass is 10.1. The monoisotopic (exact) mass is 244 g/mol. The van der Waals surface area contributed by atoms with Gasteiger partial charge in [0.15, 0.2) is 0 Å². The Morgan fingerprint density at radius 2 is 2.18 bits per heavy atom. The van der Waals surface area contributed by atoms with Crippen molar-refractivity contribution in [3.8, 4) is 0 Å². The molecule has 0 unspecified atom stereocenters. The number of rotatable bonds is 2. The summed E-state index contributed by atoms with van der Waals surface area (Å²) in [4.78, 5) is 11.2. The largest absolute Gasteiger partial charge is 0.465 e. The zero-order chi connectivity index (χ0) is 12.6. The van der Waals surface area contributed by atoms with Crippen LogP contribution >= 0.6 is 0 Å². The number of alkyl halides is 2. The number of hydrogen-bond donors (Lipinski definition) is 1. The summed E-state index contributed by atoms with van der Waals surface area (Å²) >= 11 is 0. The van der Waals surface area contributed by atoms with Crippen LogP contribution in [0, 0.1) is 5.82 Å². The first-order chi connectivity index (χ1) is 8.04. The lowest BCUT2D eigenvalue weighted by Gasteiger charge is -2.01. The number of carbonyl (C=O) groups is 1. The number of nitrogens with one attached hydrogen (secondary N) is 1. The van der Waals surface area contributed by atoms with E-state index in [4.69, 9.17) is 0 Å². The lowest BCUT2D eigenvalue weighted by molar-refractivity contribution is 0.0600. The summed E-state index contributed by atoms with van der Waals surface area (Å²) < 4.78 is 43.0. The number of ether oxygens (including phenoxy) is 1. The molecule has 0 fully saturated rings. The van der Waals surface area contributed by atoms with Crippen LogP contribution in [-0.2, 0) is 4.74 Å². The minimum atomic E-state index is -2.86. The maximum atomic E-state index is 13.6. The fourth-order valence-corrected chi connectivity index (χ4v) is 1.52. The molecule has 0 atom stereocenters. The van der Waals surface area contributed by atoms with Crippen LogP contribution in [0.3, 0.4) is 0 Å². The average Bonchev–Trinajstić information content (AvgIpc) is 2.72.